The largest absolute Gasteiger partial charge is 0.489 e. The van der Waals surface area contributed by atoms with Gasteiger partial charge in [0.2, 0.25) is 0 Å². The number of nitrogens with one attached hydrogen (secondary N) is 1. The molecule has 2 heterocycles. The van der Waals surface area contributed by atoms with Crippen molar-refractivity contribution < 1.29 is 9.53 Å². The number of rotatable bonds is 8. The Morgan fingerprint density at radius 1 is 1.19 bits per heavy atom. The first-order chi connectivity index (χ1) is 15.5. The molecule has 0 aliphatic heterocycles. The second kappa shape index (κ2) is 10.3. The number of urea groups is 1. The first kappa shape index (κ1) is 22.6. The molecule has 2 aliphatic carbocycles. The quantitative estimate of drug-likeness (QED) is 0.668. The Morgan fingerprint density at radius 3 is 2.66 bits per heavy atom. The summed E-state index contributed by atoms with van der Waals surface area (Å²) in [4.78, 5) is 19.2. The van der Waals surface area contributed by atoms with E-state index in [4.69, 9.17) is 9.72 Å². The molecule has 0 radical (unpaired) electrons. The molecule has 0 unspecified atom stereocenters. The fourth-order valence-electron chi connectivity index (χ4n) is 4.56. The van der Waals surface area contributed by atoms with Gasteiger partial charge in [0.25, 0.3) is 0 Å². The predicted octanol–water partition coefficient (Wildman–Crippen LogP) is 4.09. The number of carbonyl (C=O) groups excluding carboxylic acids is 1. The van der Waals surface area contributed by atoms with Crippen LogP contribution in [0.5, 0.6) is 5.75 Å². The van der Waals surface area contributed by atoms with Crippen molar-refractivity contribution in [3.63, 3.8) is 0 Å². The van der Waals surface area contributed by atoms with Gasteiger partial charge < -0.3 is 15.0 Å². The number of aryl methyl sites for hydroxylation is 2. The average molecular weight is 441 g/mol. The third-order valence-corrected chi connectivity index (χ3v) is 6.81. The molecule has 174 valence electrons. The van der Waals surface area contributed by atoms with E-state index in [0.717, 1.165) is 48.6 Å². The molecule has 0 atom stereocenters. The van der Waals surface area contributed by atoms with Gasteiger partial charge in [0.1, 0.15) is 11.4 Å². The van der Waals surface area contributed by atoms with E-state index in [-0.39, 0.29) is 6.03 Å². The summed E-state index contributed by atoms with van der Waals surface area (Å²) in [6.07, 6.45) is 10.8. The predicted molar refractivity (Wildman–Crippen MR) is 123 cm³/mol. The van der Waals surface area contributed by atoms with Crippen LogP contribution in [-0.2, 0) is 20.0 Å². The summed E-state index contributed by atoms with van der Waals surface area (Å²) >= 11 is 0. The van der Waals surface area contributed by atoms with Gasteiger partial charge in [-0.15, -0.1) is 5.10 Å². The van der Waals surface area contributed by atoms with Gasteiger partial charge in [-0.25, -0.2) is 14.5 Å². The first-order valence-corrected chi connectivity index (χ1v) is 12.1. The standard InChI is InChI=1S/C24H36N6O2/c1-4-19-22(32-18-11-6-5-7-12-18)14-13-20(26-19)23-21(30(3)28-27-23)15-25-24(31)29(2)16-17-9-8-10-17/h13-14,17-18H,4-12,15-16H2,1-3H3,(H,25,31). The van der Waals surface area contributed by atoms with E-state index in [0.29, 0.717) is 24.3 Å². The molecule has 8 heteroatoms. The summed E-state index contributed by atoms with van der Waals surface area (Å²) in [5, 5.41) is 11.6. The zero-order valence-corrected chi connectivity index (χ0v) is 19.6. The van der Waals surface area contributed by atoms with Crippen LogP contribution in [0.25, 0.3) is 11.4 Å². The molecule has 0 spiro atoms. The maximum atomic E-state index is 12.5. The van der Waals surface area contributed by atoms with Crippen LogP contribution in [0.15, 0.2) is 12.1 Å². The van der Waals surface area contributed by atoms with E-state index < -0.39 is 0 Å². The van der Waals surface area contributed by atoms with Gasteiger partial charge in [-0.05, 0) is 63.0 Å². The third-order valence-electron chi connectivity index (χ3n) is 6.81. The summed E-state index contributed by atoms with van der Waals surface area (Å²) < 4.78 is 8.00. The highest BCUT2D eigenvalue weighted by molar-refractivity contribution is 5.74. The number of pyridine rings is 1. The topological polar surface area (TPSA) is 85.2 Å². The van der Waals surface area contributed by atoms with Gasteiger partial charge in [0.15, 0.2) is 0 Å². The molecule has 32 heavy (non-hydrogen) atoms. The molecule has 2 aromatic rings. The molecule has 2 amide bonds. The fraction of sp³-hybridized carbons (Fsp3) is 0.667. The van der Waals surface area contributed by atoms with Crippen molar-refractivity contribution in [1.29, 1.82) is 0 Å². The van der Waals surface area contributed by atoms with E-state index in [1.165, 1.54) is 38.5 Å². The minimum absolute atomic E-state index is 0.0671. The van der Waals surface area contributed by atoms with Crippen LogP contribution in [0.1, 0.15) is 69.7 Å². The Kier molecular flexibility index (Phi) is 7.27. The molecule has 4 rings (SSSR count). The van der Waals surface area contributed by atoms with Crippen LogP contribution in [-0.4, -0.2) is 50.6 Å². The van der Waals surface area contributed by atoms with Gasteiger partial charge in [-0.2, -0.15) is 0 Å². The third kappa shape index (κ3) is 5.22. The molecule has 2 aliphatic rings. The monoisotopic (exact) mass is 440 g/mol. The van der Waals surface area contributed by atoms with Crippen LogP contribution < -0.4 is 10.1 Å². The van der Waals surface area contributed by atoms with Crippen LogP contribution in [0.3, 0.4) is 0 Å². The minimum Gasteiger partial charge on any atom is -0.489 e. The van der Waals surface area contributed by atoms with Crippen LogP contribution >= 0.6 is 0 Å². The number of carbonyl (C=O) groups is 1. The van der Waals surface area contributed by atoms with E-state index in [9.17, 15) is 4.79 Å². The zero-order chi connectivity index (χ0) is 22.5. The highest BCUT2D eigenvalue weighted by atomic mass is 16.5. The molecular formula is C24H36N6O2. The lowest BCUT2D eigenvalue weighted by Gasteiger charge is -2.30. The fourth-order valence-corrected chi connectivity index (χ4v) is 4.56. The van der Waals surface area contributed by atoms with Crippen LogP contribution in [0.2, 0.25) is 0 Å². The second-order valence-corrected chi connectivity index (χ2v) is 9.22. The summed E-state index contributed by atoms with van der Waals surface area (Å²) in [6, 6.07) is 3.90. The van der Waals surface area contributed by atoms with Crippen molar-refractivity contribution in [2.75, 3.05) is 13.6 Å². The Hall–Kier alpha value is -2.64. The lowest BCUT2D eigenvalue weighted by Crippen LogP contribution is -2.41. The Labute approximate surface area is 190 Å². The zero-order valence-electron chi connectivity index (χ0n) is 19.6. The molecule has 2 fully saturated rings. The number of ether oxygens (including phenoxy) is 1. The Morgan fingerprint density at radius 2 is 1.97 bits per heavy atom. The summed E-state index contributed by atoms with van der Waals surface area (Å²) in [5.41, 5.74) is 3.24. The number of hydrogen-bond acceptors (Lipinski definition) is 5. The second-order valence-electron chi connectivity index (χ2n) is 9.22. The molecule has 0 saturated heterocycles. The van der Waals surface area contributed by atoms with E-state index in [1.807, 2.05) is 26.2 Å². The van der Waals surface area contributed by atoms with Gasteiger partial charge in [-0.1, -0.05) is 25.0 Å². The summed E-state index contributed by atoms with van der Waals surface area (Å²) in [5.74, 6) is 1.52. The van der Waals surface area contributed by atoms with E-state index >= 15 is 0 Å². The summed E-state index contributed by atoms with van der Waals surface area (Å²) in [6.45, 7) is 3.26. The van der Waals surface area contributed by atoms with Crippen molar-refractivity contribution in [3.8, 4) is 17.1 Å². The molecule has 0 bridgehead atoms. The van der Waals surface area contributed by atoms with Gasteiger partial charge >= 0.3 is 6.03 Å². The minimum atomic E-state index is -0.0671. The Balaban J connectivity index is 1.44. The lowest BCUT2D eigenvalue weighted by atomic mass is 9.85. The molecule has 8 nitrogen and oxygen atoms in total. The Bertz CT molecular complexity index is 917. The number of nitrogens with zero attached hydrogens (tertiary/aromatic N) is 5. The normalized spacial score (nSPS) is 17.1. The van der Waals surface area contributed by atoms with Crippen LogP contribution in [0.4, 0.5) is 4.79 Å². The highest BCUT2D eigenvalue weighted by Gasteiger charge is 2.23. The smallest absolute Gasteiger partial charge is 0.317 e. The molecule has 0 aromatic carbocycles. The molecule has 2 saturated carbocycles. The number of hydrogen-bond donors (Lipinski definition) is 1. The molecular weight excluding hydrogens is 404 g/mol. The van der Waals surface area contributed by atoms with Gasteiger partial charge in [-0.3, -0.25) is 0 Å². The number of aromatic nitrogens is 4. The van der Waals surface area contributed by atoms with Crippen molar-refractivity contribution >= 4 is 6.03 Å². The maximum Gasteiger partial charge on any atom is 0.317 e. The highest BCUT2D eigenvalue weighted by Crippen LogP contribution is 2.29. The maximum absolute atomic E-state index is 12.5. The summed E-state index contributed by atoms with van der Waals surface area (Å²) in [7, 11) is 3.70. The number of amides is 2. The van der Waals surface area contributed by atoms with Crippen molar-refractivity contribution in [1.82, 2.24) is 30.2 Å². The average Bonchev–Trinajstić information content (AvgIpc) is 3.15. The SMILES string of the molecule is CCc1nc(-c2nnn(C)c2CNC(=O)N(C)CC2CCC2)ccc1OC1CCCCC1. The van der Waals surface area contributed by atoms with E-state index in [2.05, 4.69) is 22.6 Å². The van der Waals surface area contributed by atoms with Gasteiger partial charge in [0.05, 0.1) is 29.7 Å². The van der Waals surface area contributed by atoms with Crippen LogP contribution in [0, 0.1) is 5.92 Å². The first-order valence-electron chi connectivity index (χ1n) is 12.1. The van der Waals surface area contributed by atoms with Crippen molar-refractivity contribution in [2.24, 2.45) is 13.0 Å². The van der Waals surface area contributed by atoms with Crippen molar-refractivity contribution in [2.45, 2.75) is 77.4 Å². The van der Waals surface area contributed by atoms with E-state index in [1.54, 1.807) is 9.58 Å². The lowest BCUT2D eigenvalue weighted by molar-refractivity contribution is 0.153. The van der Waals surface area contributed by atoms with Crippen molar-refractivity contribution in [3.05, 3.63) is 23.5 Å². The van der Waals surface area contributed by atoms with Gasteiger partial charge in [0, 0.05) is 20.6 Å². The molecule has 1 N–H and O–H groups in total. The molecule has 2 aromatic heterocycles.